The number of aryl methyl sites for hydroxylation is 1. The van der Waals surface area contributed by atoms with Crippen molar-refractivity contribution in [1.29, 1.82) is 0 Å². The molecule has 0 aromatic heterocycles. The fraction of sp³-hybridized carbons (Fsp3) is 0.562. The highest BCUT2D eigenvalue weighted by atomic mass is 16.5. The number of hydrogen-bond acceptors (Lipinski definition) is 3. The van der Waals surface area contributed by atoms with Crippen molar-refractivity contribution >= 4 is 11.6 Å². The number of nitrogens with two attached hydrogens (primary N) is 1. The molecule has 0 aliphatic rings. The molecule has 0 heterocycles. The van der Waals surface area contributed by atoms with Gasteiger partial charge in [0.1, 0.15) is 5.75 Å². The minimum absolute atomic E-state index is 0.132. The van der Waals surface area contributed by atoms with Crippen molar-refractivity contribution in [3.8, 4) is 5.75 Å². The van der Waals surface area contributed by atoms with Crippen LogP contribution in [-0.2, 0) is 4.79 Å². The molecule has 1 amide bonds. The summed E-state index contributed by atoms with van der Waals surface area (Å²) in [5, 5.41) is 2.86. The summed E-state index contributed by atoms with van der Waals surface area (Å²) < 4.78 is 5.67. The number of carbonyl (C=O) groups is 1. The van der Waals surface area contributed by atoms with Crippen LogP contribution in [0.1, 0.15) is 39.7 Å². The maximum Gasteiger partial charge on any atom is 0.241 e. The number of carbonyl (C=O) groups excluding carboxylic acids is 1. The van der Waals surface area contributed by atoms with Gasteiger partial charge in [-0.1, -0.05) is 20.3 Å². The van der Waals surface area contributed by atoms with Crippen LogP contribution < -0.4 is 15.8 Å². The molecule has 0 radical (unpaired) electrons. The van der Waals surface area contributed by atoms with E-state index in [-0.39, 0.29) is 17.9 Å². The predicted molar refractivity (Wildman–Crippen MR) is 83.0 cm³/mol. The molecular weight excluding hydrogens is 252 g/mol. The summed E-state index contributed by atoms with van der Waals surface area (Å²) in [6.45, 7) is 9.94. The molecule has 0 aliphatic carbocycles. The van der Waals surface area contributed by atoms with Crippen LogP contribution in [0.2, 0.25) is 0 Å². The molecular formula is C16H26N2O2. The van der Waals surface area contributed by atoms with Crippen LogP contribution in [0.15, 0.2) is 18.2 Å². The van der Waals surface area contributed by atoms with Gasteiger partial charge in [0.25, 0.3) is 0 Å². The Morgan fingerprint density at radius 3 is 2.50 bits per heavy atom. The average molecular weight is 278 g/mol. The molecule has 4 nitrogen and oxygen atoms in total. The SMILES string of the molecule is CCC(C)C(N)C(=O)Nc1ccc(OC(C)C)c(C)c1. The normalized spacial score (nSPS) is 13.9. The van der Waals surface area contributed by atoms with Gasteiger partial charge in [-0.25, -0.2) is 0 Å². The second-order valence-electron chi connectivity index (χ2n) is 5.55. The third-order valence-corrected chi connectivity index (χ3v) is 3.36. The maximum atomic E-state index is 12.0. The minimum Gasteiger partial charge on any atom is -0.491 e. The van der Waals surface area contributed by atoms with Crippen LogP contribution in [0.5, 0.6) is 5.75 Å². The summed E-state index contributed by atoms with van der Waals surface area (Å²) in [7, 11) is 0. The fourth-order valence-electron chi connectivity index (χ4n) is 1.85. The van der Waals surface area contributed by atoms with Gasteiger partial charge in [0.15, 0.2) is 0 Å². The molecule has 2 unspecified atom stereocenters. The van der Waals surface area contributed by atoms with E-state index in [1.165, 1.54) is 0 Å². The van der Waals surface area contributed by atoms with Gasteiger partial charge in [-0.05, 0) is 50.5 Å². The zero-order valence-corrected chi connectivity index (χ0v) is 13.1. The van der Waals surface area contributed by atoms with Crippen LogP contribution in [-0.4, -0.2) is 18.1 Å². The first-order chi connectivity index (χ1) is 9.35. The van der Waals surface area contributed by atoms with Crippen molar-refractivity contribution in [2.75, 3.05) is 5.32 Å². The average Bonchev–Trinajstić information content (AvgIpc) is 2.39. The van der Waals surface area contributed by atoms with Crippen molar-refractivity contribution in [3.05, 3.63) is 23.8 Å². The highest BCUT2D eigenvalue weighted by Gasteiger charge is 2.19. The van der Waals surface area contributed by atoms with E-state index in [0.717, 1.165) is 23.4 Å². The lowest BCUT2D eigenvalue weighted by atomic mass is 9.99. The smallest absolute Gasteiger partial charge is 0.241 e. The quantitative estimate of drug-likeness (QED) is 0.840. The minimum atomic E-state index is -0.480. The van der Waals surface area contributed by atoms with Crippen LogP contribution >= 0.6 is 0 Å². The Kier molecular flexibility index (Phi) is 6.02. The monoisotopic (exact) mass is 278 g/mol. The molecule has 1 rings (SSSR count). The lowest BCUT2D eigenvalue weighted by molar-refractivity contribution is -0.118. The van der Waals surface area contributed by atoms with Gasteiger partial charge in [0, 0.05) is 5.69 Å². The Labute approximate surface area is 121 Å². The molecule has 4 heteroatoms. The Morgan fingerprint density at radius 2 is 2.00 bits per heavy atom. The van der Waals surface area contributed by atoms with E-state index < -0.39 is 6.04 Å². The predicted octanol–water partition coefficient (Wildman–Crippen LogP) is 3.09. The van der Waals surface area contributed by atoms with Crippen molar-refractivity contribution < 1.29 is 9.53 Å². The lowest BCUT2D eigenvalue weighted by Gasteiger charge is -2.18. The molecule has 0 aliphatic heterocycles. The van der Waals surface area contributed by atoms with Gasteiger partial charge >= 0.3 is 0 Å². The van der Waals surface area contributed by atoms with E-state index in [1.54, 1.807) is 0 Å². The van der Waals surface area contributed by atoms with Gasteiger partial charge in [-0.15, -0.1) is 0 Å². The molecule has 1 aromatic rings. The molecule has 1 aromatic carbocycles. The van der Waals surface area contributed by atoms with Crippen molar-refractivity contribution in [1.82, 2.24) is 0 Å². The maximum absolute atomic E-state index is 12.0. The standard InChI is InChI=1S/C16H26N2O2/c1-6-11(4)15(17)16(19)18-13-7-8-14(12(5)9-13)20-10(2)3/h7-11,15H,6,17H2,1-5H3,(H,18,19). The Hall–Kier alpha value is -1.55. The van der Waals surface area contributed by atoms with Gasteiger partial charge in [-0.3, -0.25) is 4.79 Å². The number of rotatable bonds is 6. The van der Waals surface area contributed by atoms with Crippen LogP contribution in [0.25, 0.3) is 0 Å². The summed E-state index contributed by atoms with van der Waals surface area (Å²) in [5.74, 6) is 0.861. The number of nitrogens with one attached hydrogen (secondary N) is 1. The number of benzene rings is 1. The van der Waals surface area contributed by atoms with Crippen LogP contribution in [0, 0.1) is 12.8 Å². The molecule has 0 saturated heterocycles. The fourth-order valence-corrected chi connectivity index (χ4v) is 1.85. The van der Waals surface area contributed by atoms with Crippen molar-refractivity contribution in [2.24, 2.45) is 11.7 Å². The number of anilines is 1. The molecule has 0 saturated carbocycles. The second kappa shape index (κ2) is 7.29. The Bertz CT molecular complexity index is 458. The van der Waals surface area contributed by atoms with E-state index in [0.29, 0.717) is 0 Å². The van der Waals surface area contributed by atoms with Crippen LogP contribution in [0.4, 0.5) is 5.69 Å². The number of hydrogen-bond donors (Lipinski definition) is 2. The first-order valence-electron chi connectivity index (χ1n) is 7.18. The number of ether oxygens (including phenoxy) is 1. The van der Waals surface area contributed by atoms with Gasteiger partial charge in [0.05, 0.1) is 12.1 Å². The molecule has 20 heavy (non-hydrogen) atoms. The topological polar surface area (TPSA) is 64.4 Å². The largest absolute Gasteiger partial charge is 0.491 e. The highest BCUT2D eigenvalue weighted by molar-refractivity contribution is 5.95. The molecule has 3 N–H and O–H groups in total. The summed E-state index contributed by atoms with van der Waals surface area (Å²) >= 11 is 0. The molecule has 0 bridgehead atoms. The summed E-state index contributed by atoms with van der Waals surface area (Å²) in [4.78, 5) is 12.0. The Morgan fingerprint density at radius 1 is 1.35 bits per heavy atom. The number of amides is 1. The third kappa shape index (κ3) is 4.53. The summed E-state index contributed by atoms with van der Waals surface area (Å²) in [5.41, 5.74) is 7.66. The van der Waals surface area contributed by atoms with Gasteiger partial charge < -0.3 is 15.8 Å². The van der Waals surface area contributed by atoms with Crippen molar-refractivity contribution in [2.45, 2.75) is 53.2 Å². The summed E-state index contributed by atoms with van der Waals surface area (Å²) in [6.07, 6.45) is 1.02. The molecule has 0 fully saturated rings. The molecule has 112 valence electrons. The van der Waals surface area contributed by atoms with Crippen LogP contribution in [0.3, 0.4) is 0 Å². The van der Waals surface area contributed by atoms with Gasteiger partial charge in [0.2, 0.25) is 5.91 Å². The van der Waals surface area contributed by atoms with E-state index in [1.807, 2.05) is 52.8 Å². The molecule has 2 atom stereocenters. The highest BCUT2D eigenvalue weighted by Crippen LogP contribution is 2.23. The van der Waals surface area contributed by atoms with Crippen molar-refractivity contribution in [3.63, 3.8) is 0 Å². The van der Waals surface area contributed by atoms with Gasteiger partial charge in [-0.2, -0.15) is 0 Å². The molecule has 0 spiro atoms. The van der Waals surface area contributed by atoms with E-state index in [9.17, 15) is 4.79 Å². The van der Waals surface area contributed by atoms with E-state index in [2.05, 4.69) is 5.32 Å². The van der Waals surface area contributed by atoms with E-state index in [4.69, 9.17) is 10.5 Å². The Balaban J connectivity index is 2.74. The first kappa shape index (κ1) is 16.5. The zero-order valence-electron chi connectivity index (χ0n) is 13.1. The van der Waals surface area contributed by atoms with E-state index >= 15 is 0 Å². The zero-order chi connectivity index (χ0) is 15.3. The lowest BCUT2D eigenvalue weighted by Crippen LogP contribution is -2.40. The first-order valence-corrected chi connectivity index (χ1v) is 7.18. The third-order valence-electron chi connectivity index (χ3n) is 3.36. The summed E-state index contributed by atoms with van der Waals surface area (Å²) in [6, 6.07) is 5.14. The second-order valence-corrected chi connectivity index (χ2v) is 5.55.